The zero-order chi connectivity index (χ0) is 18.1. The number of amides is 1. The van der Waals surface area contributed by atoms with Crippen molar-refractivity contribution in [3.05, 3.63) is 36.8 Å². The average molecular weight is 349 g/mol. The van der Waals surface area contributed by atoms with Gasteiger partial charge < -0.3 is 15.4 Å². The first-order valence-corrected chi connectivity index (χ1v) is 8.48. The summed E-state index contributed by atoms with van der Waals surface area (Å²) in [5, 5.41) is 7.71. The molecule has 4 rings (SSSR count). The Kier molecular flexibility index (Phi) is 4.12. The normalized spacial score (nSPS) is 13.5. The summed E-state index contributed by atoms with van der Waals surface area (Å²) in [5.41, 5.74) is 1.52. The number of ether oxygens (including phenoxy) is 1. The Morgan fingerprint density at radius 3 is 2.77 bits per heavy atom. The van der Waals surface area contributed by atoms with E-state index >= 15 is 0 Å². The lowest BCUT2D eigenvalue weighted by Gasteiger charge is -2.13. The van der Waals surface area contributed by atoms with E-state index in [0.717, 1.165) is 29.2 Å². The summed E-state index contributed by atoms with van der Waals surface area (Å²) in [6.07, 6.45) is 7.08. The maximum atomic E-state index is 12.1. The number of hydrogen-bond donors (Lipinski definition) is 2. The van der Waals surface area contributed by atoms with E-state index in [0.29, 0.717) is 23.1 Å². The molecule has 0 radical (unpaired) electrons. The summed E-state index contributed by atoms with van der Waals surface area (Å²) in [6.45, 7) is 0. The molecule has 0 bridgehead atoms. The third kappa shape index (κ3) is 2.92. The SMILES string of the molecule is CNc1ncc(-c2ncccc2OC)c2cc(NC(=O)C3CC3)ncc12. The number of hydrogen-bond acceptors (Lipinski definition) is 6. The molecule has 1 fully saturated rings. The van der Waals surface area contributed by atoms with Crippen LogP contribution in [0.3, 0.4) is 0 Å². The molecule has 3 heterocycles. The second-order valence-electron chi connectivity index (χ2n) is 6.20. The molecule has 1 saturated carbocycles. The number of fused-ring (bicyclic) bond motifs is 1. The molecule has 26 heavy (non-hydrogen) atoms. The van der Waals surface area contributed by atoms with Gasteiger partial charge in [0.15, 0.2) is 0 Å². The van der Waals surface area contributed by atoms with Gasteiger partial charge in [-0.15, -0.1) is 0 Å². The van der Waals surface area contributed by atoms with Crippen LogP contribution in [0, 0.1) is 5.92 Å². The lowest BCUT2D eigenvalue weighted by Crippen LogP contribution is -2.14. The van der Waals surface area contributed by atoms with Crippen LogP contribution in [-0.4, -0.2) is 35.0 Å². The van der Waals surface area contributed by atoms with Crippen LogP contribution < -0.4 is 15.4 Å². The number of carbonyl (C=O) groups excluding carboxylic acids is 1. The number of carbonyl (C=O) groups is 1. The number of methoxy groups -OCH3 is 1. The number of pyridine rings is 3. The van der Waals surface area contributed by atoms with E-state index in [1.165, 1.54) is 0 Å². The Bertz CT molecular complexity index is 985. The molecular weight excluding hydrogens is 330 g/mol. The van der Waals surface area contributed by atoms with Crippen LogP contribution in [0.25, 0.3) is 22.0 Å². The number of rotatable bonds is 5. The van der Waals surface area contributed by atoms with Crippen molar-refractivity contribution in [1.82, 2.24) is 15.0 Å². The highest BCUT2D eigenvalue weighted by molar-refractivity contribution is 6.04. The minimum atomic E-state index is 0.0247. The fourth-order valence-corrected chi connectivity index (χ4v) is 2.92. The topological polar surface area (TPSA) is 89.0 Å². The molecule has 132 valence electrons. The minimum Gasteiger partial charge on any atom is -0.494 e. The van der Waals surface area contributed by atoms with E-state index in [-0.39, 0.29) is 11.8 Å². The zero-order valence-corrected chi connectivity index (χ0v) is 14.6. The first kappa shape index (κ1) is 16.3. The highest BCUT2D eigenvalue weighted by Gasteiger charge is 2.29. The van der Waals surface area contributed by atoms with E-state index in [1.54, 1.807) is 25.7 Å². The lowest BCUT2D eigenvalue weighted by molar-refractivity contribution is -0.117. The quantitative estimate of drug-likeness (QED) is 0.736. The van der Waals surface area contributed by atoms with Crippen molar-refractivity contribution in [3.63, 3.8) is 0 Å². The fourth-order valence-electron chi connectivity index (χ4n) is 2.92. The highest BCUT2D eigenvalue weighted by Crippen LogP contribution is 2.36. The molecule has 1 aliphatic carbocycles. The van der Waals surface area contributed by atoms with Gasteiger partial charge in [0.05, 0.1) is 7.11 Å². The second kappa shape index (κ2) is 6.59. The number of nitrogens with one attached hydrogen (secondary N) is 2. The molecule has 1 amide bonds. The van der Waals surface area contributed by atoms with Gasteiger partial charge in [0.1, 0.15) is 23.1 Å². The third-order valence-electron chi connectivity index (χ3n) is 4.45. The van der Waals surface area contributed by atoms with Crippen LogP contribution in [-0.2, 0) is 4.79 Å². The molecule has 3 aromatic heterocycles. The minimum absolute atomic E-state index is 0.0247. The summed E-state index contributed by atoms with van der Waals surface area (Å²) in [5.74, 6) is 2.04. The first-order chi connectivity index (χ1) is 12.7. The molecule has 1 aliphatic rings. The predicted molar refractivity (Wildman–Crippen MR) is 100 cm³/mol. The Balaban J connectivity index is 1.87. The van der Waals surface area contributed by atoms with Crippen LogP contribution >= 0.6 is 0 Å². The maximum absolute atomic E-state index is 12.1. The van der Waals surface area contributed by atoms with Crippen LogP contribution in [0.5, 0.6) is 5.75 Å². The maximum Gasteiger partial charge on any atom is 0.228 e. The fraction of sp³-hybridized carbons (Fsp3) is 0.263. The number of nitrogens with zero attached hydrogens (tertiary/aromatic N) is 3. The summed E-state index contributed by atoms with van der Waals surface area (Å²) in [6, 6.07) is 5.54. The standard InChI is InChI=1S/C19H19N5O2/c1-20-18-14-10-22-16(24-19(25)11-5-6-11)8-12(14)13(9-23-18)17-15(26-2)4-3-7-21-17/h3-4,7-11H,5-6H2,1-2H3,(H,20,23)(H,22,24,25). The third-order valence-corrected chi connectivity index (χ3v) is 4.45. The van der Waals surface area contributed by atoms with Gasteiger partial charge in [-0.25, -0.2) is 9.97 Å². The van der Waals surface area contributed by atoms with Gasteiger partial charge in [0.25, 0.3) is 0 Å². The van der Waals surface area contributed by atoms with Gasteiger partial charge in [-0.2, -0.15) is 0 Å². The van der Waals surface area contributed by atoms with E-state index in [4.69, 9.17) is 4.74 Å². The molecule has 3 aromatic rings. The Morgan fingerprint density at radius 2 is 2.04 bits per heavy atom. The van der Waals surface area contributed by atoms with E-state index < -0.39 is 0 Å². The van der Waals surface area contributed by atoms with E-state index in [2.05, 4.69) is 25.6 Å². The van der Waals surface area contributed by atoms with Gasteiger partial charge in [-0.3, -0.25) is 9.78 Å². The van der Waals surface area contributed by atoms with Gasteiger partial charge in [0.2, 0.25) is 5.91 Å². The van der Waals surface area contributed by atoms with Gasteiger partial charge >= 0.3 is 0 Å². The van der Waals surface area contributed by atoms with Crippen LogP contribution in [0.4, 0.5) is 11.6 Å². The molecule has 0 aliphatic heterocycles. The van der Waals surface area contributed by atoms with Crippen LogP contribution in [0.15, 0.2) is 36.8 Å². The Hall–Kier alpha value is -3.22. The highest BCUT2D eigenvalue weighted by atomic mass is 16.5. The predicted octanol–water partition coefficient (Wildman–Crippen LogP) is 3.09. The van der Waals surface area contributed by atoms with Crippen molar-refractivity contribution < 1.29 is 9.53 Å². The van der Waals surface area contributed by atoms with Crippen molar-refractivity contribution in [2.24, 2.45) is 5.92 Å². The van der Waals surface area contributed by atoms with Crippen molar-refractivity contribution >= 4 is 28.3 Å². The van der Waals surface area contributed by atoms with Crippen molar-refractivity contribution in [1.29, 1.82) is 0 Å². The van der Waals surface area contributed by atoms with Crippen molar-refractivity contribution in [2.45, 2.75) is 12.8 Å². The first-order valence-electron chi connectivity index (χ1n) is 8.48. The van der Waals surface area contributed by atoms with Gasteiger partial charge in [-0.1, -0.05) is 0 Å². The molecule has 7 heteroatoms. The largest absolute Gasteiger partial charge is 0.494 e. The number of aromatic nitrogens is 3. The molecule has 0 atom stereocenters. The van der Waals surface area contributed by atoms with Crippen LogP contribution in [0.2, 0.25) is 0 Å². The molecule has 0 unspecified atom stereocenters. The summed E-state index contributed by atoms with van der Waals surface area (Å²) in [4.78, 5) is 25.4. The Morgan fingerprint density at radius 1 is 1.19 bits per heavy atom. The average Bonchev–Trinajstić information content (AvgIpc) is 3.52. The molecule has 0 spiro atoms. The Labute approximate surface area is 150 Å². The molecule has 2 N–H and O–H groups in total. The molecular formula is C19H19N5O2. The number of anilines is 2. The van der Waals surface area contributed by atoms with Gasteiger partial charge in [0, 0.05) is 47.9 Å². The van der Waals surface area contributed by atoms with Crippen molar-refractivity contribution in [3.8, 4) is 17.0 Å². The molecule has 0 saturated heterocycles. The molecule has 0 aromatic carbocycles. The second-order valence-corrected chi connectivity index (χ2v) is 6.20. The van der Waals surface area contributed by atoms with Crippen molar-refractivity contribution in [2.75, 3.05) is 24.8 Å². The smallest absolute Gasteiger partial charge is 0.228 e. The summed E-state index contributed by atoms with van der Waals surface area (Å²) in [7, 11) is 3.42. The van der Waals surface area contributed by atoms with Gasteiger partial charge in [-0.05, 0) is 31.0 Å². The zero-order valence-electron chi connectivity index (χ0n) is 14.6. The van der Waals surface area contributed by atoms with E-state index in [1.807, 2.05) is 25.2 Å². The van der Waals surface area contributed by atoms with E-state index in [9.17, 15) is 4.79 Å². The summed E-state index contributed by atoms with van der Waals surface area (Å²) >= 11 is 0. The summed E-state index contributed by atoms with van der Waals surface area (Å²) < 4.78 is 5.45. The molecule has 7 nitrogen and oxygen atoms in total. The monoisotopic (exact) mass is 349 g/mol. The van der Waals surface area contributed by atoms with Crippen LogP contribution in [0.1, 0.15) is 12.8 Å². The lowest BCUT2D eigenvalue weighted by atomic mass is 10.0.